The number of benzene rings is 1. The molecular formula is C14H14N4O. The first-order valence-electron chi connectivity index (χ1n) is 5.96. The highest BCUT2D eigenvalue weighted by Gasteiger charge is 2.18. The summed E-state index contributed by atoms with van der Waals surface area (Å²) in [6.07, 6.45) is 4.29. The Morgan fingerprint density at radius 2 is 2.05 bits per heavy atom. The molecule has 0 bridgehead atoms. The van der Waals surface area contributed by atoms with E-state index in [0.717, 1.165) is 16.3 Å². The lowest BCUT2D eigenvalue weighted by Gasteiger charge is -2.13. The second-order valence-electron chi connectivity index (χ2n) is 4.46. The van der Waals surface area contributed by atoms with Gasteiger partial charge in [0, 0.05) is 30.4 Å². The summed E-state index contributed by atoms with van der Waals surface area (Å²) in [4.78, 5) is 4.08. The van der Waals surface area contributed by atoms with Crippen LogP contribution < -0.4 is 5.73 Å². The molecule has 1 unspecified atom stereocenters. The van der Waals surface area contributed by atoms with Crippen molar-refractivity contribution in [3.63, 3.8) is 0 Å². The number of nitrogen functional groups attached to an aromatic ring is 1. The van der Waals surface area contributed by atoms with Crippen LogP contribution in [-0.2, 0) is 7.05 Å². The molecule has 0 spiro atoms. The molecule has 2 aromatic heterocycles. The van der Waals surface area contributed by atoms with Gasteiger partial charge in [-0.25, -0.2) is 0 Å². The van der Waals surface area contributed by atoms with Gasteiger partial charge in [-0.3, -0.25) is 9.67 Å². The van der Waals surface area contributed by atoms with E-state index in [4.69, 9.17) is 5.73 Å². The standard InChI is InChI=1S/C14H14N4O/c1-18-14(15)12(8-17-18)13(19)11-4-2-3-9-7-16-6-5-10(9)11/h2-8,13,19H,15H2,1H3. The third kappa shape index (κ3) is 1.84. The van der Waals surface area contributed by atoms with Gasteiger partial charge in [0.25, 0.3) is 0 Å². The lowest BCUT2D eigenvalue weighted by atomic mass is 9.98. The number of aromatic nitrogens is 3. The van der Waals surface area contributed by atoms with Crippen LogP contribution >= 0.6 is 0 Å². The molecule has 0 amide bonds. The van der Waals surface area contributed by atoms with Gasteiger partial charge in [0.2, 0.25) is 0 Å². The molecule has 0 aliphatic heterocycles. The largest absolute Gasteiger partial charge is 0.384 e. The van der Waals surface area contributed by atoms with Crippen molar-refractivity contribution in [2.24, 2.45) is 7.05 Å². The van der Waals surface area contributed by atoms with Crippen LogP contribution in [0.15, 0.2) is 42.9 Å². The molecule has 0 saturated carbocycles. The number of aryl methyl sites for hydroxylation is 1. The number of rotatable bonds is 2. The monoisotopic (exact) mass is 254 g/mol. The Bertz CT molecular complexity index is 730. The average molecular weight is 254 g/mol. The zero-order valence-electron chi connectivity index (χ0n) is 10.5. The number of hydrogen-bond donors (Lipinski definition) is 2. The molecule has 3 aromatic rings. The Balaban J connectivity index is 2.17. The van der Waals surface area contributed by atoms with Crippen molar-refractivity contribution in [3.05, 3.63) is 54.0 Å². The summed E-state index contributed by atoms with van der Waals surface area (Å²) in [5.41, 5.74) is 7.34. The van der Waals surface area contributed by atoms with Crippen molar-refractivity contribution >= 4 is 16.6 Å². The van der Waals surface area contributed by atoms with Gasteiger partial charge in [0.1, 0.15) is 11.9 Å². The molecule has 0 aliphatic carbocycles. The van der Waals surface area contributed by atoms with Crippen LogP contribution in [-0.4, -0.2) is 19.9 Å². The van der Waals surface area contributed by atoms with Crippen molar-refractivity contribution in [1.82, 2.24) is 14.8 Å². The topological polar surface area (TPSA) is 77.0 Å². The highest BCUT2D eigenvalue weighted by Crippen LogP contribution is 2.30. The number of pyridine rings is 1. The highest BCUT2D eigenvalue weighted by atomic mass is 16.3. The van der Waals surface area contributed by atoms with E-state index in [1.165, 1.54) is 0 Å². The van der Waals surface area contributed by atoms with Crippen LogP contribution in [0.4, 0.5) is 5.82 Å². The SMILES string of the molecule is Cn1ncc(C(O)c2cccc3cnccc23)c1N. The van der Waals surface area contributed by atoms with Crippen LogP contribution in [0.5, 0.6) is 0 Å². The molecule has 2 heterocycles. The molecule has 0 fully saturated rings. The molecule has 0 aliphatic rings. The molecule has 0 radical (unpaired) electrons. The molecule has 1 atom stereocenters. The average Bonchev–Trinajstić information content (AvgIpc) is 2.78. The molecule has 3 N–H and O–H groups in total. The lowest BCUT2D eigenvalue weighted by molar-refractivity contribution is 0.222. The van der Waals surface area contributed by atoms with E-state index in [2.05, 4.69) is 10.1 Å². The van der Waals surface area contributed by atoms with E-state index < -0.39 is 6.10 Å². The predicted molar refractivity (Wildman–Crippen MR) is 73.4 cm³/mol. The van der Waals surface area contributed by atoms with Crippen molar-refractivity contribution in [2.75, 3.05) is 5.73 Å². The third-order valence-corrected chi connectivity index (χ3v) is 3.32. The summed E-state index contributed by atoms with van der Waals surface area (Å²) < 4.78 is 1.55. The van der Waals surface area contributed by atoms with Gasteiger partial charge in [0.05, 0.1) is 6.20 Å². The maximum absolute atomic E-state index is 10.5. The Morgan fingerprint density at radius 3 is 2.79 bits per heavy atom. The van der Waals surface area contributed by atoms with E-state index in [9.17, 15) is 5.11 Å². The molecule has 1 aromatic carbocycles. The molecule has 19 heavy (non-hydrogen) atoms. The normalized spacial score (nSPS) is 12.7. The number of aliphatic hydroxyl groups is 1. The fourth-order valence-corrected chi connectivity index (χ4v) is 2.23. The lowest BCUT2D eigenvalue weighted by Crippen LogP contribution is -2.05. The molecule has 0 saturated heterocycles. The van der Waals surface area contributed by atoms with Gasteiger partial charge in [-0.2, -0.15) is 5.10 Å². The fraction of sp³-hybridized carbons (Fsp3) is 0.143. The summed E-state index contributed by atoms with van der Waals surface area (Å²) in [6.45, 7) is 0. The zero-order valence-corrected chi connectivity index (χ0v) is 10.5. The number of nitrogens with zero attached hydrogens (tertiary/aromatic N) is 3. The molecule has 3 rings (SSSR count). The Hall–Kier alpha value is -2.40. The van der Waals surface area contributed by atoms with E-state index in [1.807, 2.05) is 24.3 Å². The molecule has 5 heteroatoms. The summed E-state index contributed by atoms with van der Waals surface area (Å²) in [7, 11) is 1.75. The van der Waals surface area contributed by atoms with Gasteiger partial charge in [-0.1, -0.05) is 18.2 Å². The minimum Gasteiger partial charge on any atom is -0.384 e. The maximum atomic E-state index is 10.5. The van der Waals surface area contributed by atoms with Crippen molar-refractivity contribution in [3.8, 4) is 0 Å². The first-order valence-corrected chi connectivity index (χ1v) is 5.96. The van der Waals surface area contributed by atoms with E-state index >= 15 is 0 Å². The number of anilines is 1. The van der Waals surface area contributed by atoms with Crippen LogP contribution in [0.2, 0.25) is 0 Å². The fourth-order valence-electron chi connectivity index (χ4n) is 2.23. The number of aliphatic hydroxyl groups excluding tert-OH is 1. The van der Waals surface area contributed by atoms with Gasteiger partial charge in [0.15, 0.2) is 0 Å². The number of hydrogen-bond acceptors (Lipinski definition) is 4. The quantitative estimate of drug-likeness (QED) is 0.728. The maximum Gasteiger partial charge on any atom is 0.127 e. The molecular weight excluding hydrogens is 240 g/mol. The summed E-state index contributed by atoms with van der Waals surface area (Å²) in [6, 6.07) is 7.64. The third-order valence-electron chi connectivity index (χ3n) is 3.32. The predicted octanol–water partition coefficient (Wildman–Crippen LogP) is 1.63. The summed E-state index contributed by atoms with van der Waals surface area (Å²) in [5, 5.41) is 16.5. The van der Waals surface area contributed by atoms with Gasteiger partial charge < -0.3 is 10.8 Å². The highest BCUT2D eigenvalue weighted by molar-refractivity contribution is 5.85. The zero-order chi connectivity index (χ0) is 13.4. The van der Waals surface area contributed by atoms with E-state index in [1.54, 1.807) is 30.3 Å². The Morgan fingerprint density at radius 1 is 1.21 bits per heavy atom. The second-order valence-corrected chi connectivity index (χ2v) is 4.46. The van der Waals surface area contributed by atoms with Gasteiger partial charge in [-0.15, -0.1) is 0 Å². The van der Waals surface area contributed by atoms with Crippen LogP contribution in [0, 0.1) is 0 Å². The number of fused-ring (bicyclic) bond motifs is 1. The summed E-state index contributed by atoms with van der Waals surface area (Å²) in [5.74, 6) is 0.471. The first kappa shape index (κ1) is 11.7. The minimum absolute atomic E-state index is 0.471. The summed E-state index contributed by atoms with van der Waals surface area (Å²) >= 11 is 0. The molecule has 96 valence electrons. The van der Waals surface area contributed by atoms with Crippen molar-refractivity contribution in [1.29, 1.82) is 0 Å². The van der Waals surface area contributed by atoms with Crippen molar-refractivity contribution < 1.29 is 5.11 Å². The first-order chi connectivity index (χ1) is 9.18. The van der Waals surface area contributed by atoms with E-state index in [-0.39, 0.29) is 0 Å². The van der Waals surface area contributed by atoms with Gasteiger partial charge >= 0.3 is 0 Å². The minimum atomic E-state index is -0.792. The van der Waals surface area contributed by atoms with Crippen molar-refractivity contribution in [2.45, 2.75) is 6.10 Å². The number of nitrogens with two attached hydrogens (primary N) is 1. The second kappa shape index (κ2) is 4.37. The van der Waals surface area contributed by atoms with Crippen LogP contribution in [0.3, 0.4) is 0 Å². The van der Waals surface area contributed by atoms with E-state index in [0.29, 0.717) is 11.4 Å². The Kier molecular flexibility index (Phi) is 2.68. The molecule has 5 nitrogen and oxygen atoms in total. The Labute approximate surface area is 110 Å². The van der Waals surface area contributed by atoms with Gasteiger partial charge in [-0.05, 0) is 17.0 Å². The smallest absolute Gasteiger partial charge is 0.127 e. The van der Waals surface area contributed by atoms with Crippen LogP contribution in [0.1, 0.15) is 17.2 Å². The van der Waals surface area contributed by atoms with Crippen LogP contribution in [0.25, 0.3) is 10.8 Å².